The number of anilines is 1. The number of ketones is 1. The Balaban J connectivity index is 2.83. The molecule has 1 aromatic rings. The number of rotatable bonds is 5. The summed E-state index contributed by atoms with van der Waals surface area (Å²) < 4.78 is 18.6. The molecule has 0 bridgehead atoms. The second-order valence-electron chi connectivity index (χ2n) is 3.61. The molecule has 0 spiro atoms. The highest BCUT2D eigenvalue weighted by Gasteiger charge is 2.08. The summed E-state index contributed by atoms with van der Waals surface area (Å²) in [5.74, 6) is -0.131. The van der Waals surface area contributed by atoms with E-state index in [2.05, 4.69) is 0 Å². The van der Waals surface area contributed by atoms with Crippen molar-refractivity contribution in [3.8, 4) is 5.75 Å². The molecule has 0 atom stereocenters. The van der Waals surface area contributed by atoms with E-state index in [1.54, 1.807) is 31.0 Å². The van der Waals surface area contributed by atoms with E-state index < -0.39 is 5.82 Å². The SMILES string of the molecule is CCOc1ccc(N(C)CC(C)=O)cc1F. The number of benzene rings is 1. The summed E-state index contributed by atoms with van der Waals surface area (Å²) in [5.41, 5.74) is 0.663. The van der Waals surface area contributed by atoms with Crippen molar-refractivity contribution in [2.75, 3.05) is 25.1 Å². The summed E-state index contributed by atoms with van der Waals surface area (Å²) >= 11 is 0. The predicted molar refractivity (Wildman–Crippen MR) is 61.5 cm³/mol. The normalized spacial score (nSPS) is 10.0. The average Bonchev–Trinajstić information content (AvgIpc) is 2.20. The van der Waals surface area contributed by atoms with Gasteiger partial charge in [-0.3, -0.25) is 4.79 Å². The fourth-order valence-corrected chi connectivity index (χ4v) is 1.43. The van der Waals surface area contributed by atoms with Gasteiger partial charge >= 0.3 is 0 Å². The molecule has 0 N–H and O–H groups in total. The number of ether oxygens (including phenoxy) is 1. The Bertz CT molecular complexity index is 379. The molecular formula is C12H16FNO2. The summed E-state index contributed by atoms with van der Waals surface area (Å²) in [6, 6.07) is 4.68. The molecule has 3 nitrogen and oxygen atoms in total. The average molecular weight is 225 g/mol. The third kappa shape index (κ3) is 3.22. The highest BCUT2D eigenvalue weighted by atomic mass is 19.1. The molecule has 0 fully saturated rings. The third-order valence-corrected chi connectivity index (χ3v) is 2.12. The van der Waals surface area contributed by atoms with Crippen LogP contribution in [-0.2, 0) is 4.79 Å². The second kappa shape index (κ2) is 5.49. The Morgan fingerprint density at radius 3 is 2.69 bits per heavy atom. The summed E-state index contributed by atoms with van der Waals surface area (Å²) in [4.78, 5) is 12.6. The number of nitrogens with zero attached hydrogens (tertiary/aromatic N) is 1. The number of carbonyl (C=O) groups is 1. The number of halogens is 1. The Labute approximate surface area is 94.8 Å². The van der Waals surface area contributed by atoms with Gasteiger partial charge in [0.15, 0.2) is 11.6 Å². The third-order valence-electron chi connectivity index (χ3n) is 2.12. The number of carbonyl (C=O) groups excluding carboxylic acids is 1. The van der Waals surface area contributed by atoms with Gasteiger partial charge in [-0.25, -0.2) is 4.39 Å². The number of hydrogen-bond acceptors (Lipinski definition) is 3. The molecule has 0 unspecified atom stereocenters. The first kappa shape index (κ1) is 12.5. The van der Waals surface area contributed by atoms with E-state index in [1.807, 2.05) is 0 Å². The van der Waals surface area contributed by atoms with Gasteiger partial charge in [-0.15, -0.1) is 0 Å². The fourth-order valence-electron chi connectivity index (χ4n) is 1.43. The summed E-state index contributed by atoms with van der Waals surface area (Å²) in [7, 11) is 1.75. The maximum atomic E-state index is 13.5. The van der Waals surface area contributed by atoms with Crippen LogP contribution in [0.4, 0.5) is 10.1 Å². The van der Waals surface area contributed by atoms with Crippen molar-refractivity contribution in [1.29, 1.82) is 0 Å². The first-order valence-electron chi connectivity index (χ1n) is 5.17. The lowest BCUT2D eigenvalue weighted by molar-refractivity contribution is -0.115. The van der Waals surface area contributed by atoms with Crippen LogP contribution in [0.3, 0.4) is 0 Å². The molecule has 0 radical (unpaired) electrons. The Kier molecular flexibility index (Phi) is 4.28. The van der Waals surface area contributed by atoms with Crippen LogP contribution in [-0.4, -0.2) is 26.0 Å². The van der Waals surface area contributed by atoms with E-state index >= 15 is 0 Å². The van der Waals surface area contributed by atoms with Gasteiger partial charge in [0, 0.05) is 18.8 Å². The van der Waals surface area contributed by atoms with Crippen molar-refractivity contribution in [2.45, 2.75) is 13.8 Å². The second-order valence-corrected chi connectivity index (χ2v) is 3.61. The molecular weight excluding hydrogens is 209 g/mol. The monoisotopic (exact) mass is 225 g/mol. The lowest BCUT2D eigenvalue weighted by Gasteiger charge is -2.18. The van der Waals surface area contributed by atoms with Crippen LogP contribution in [0.1, 0.15) is 13.8 Å². The molecule has 0 aromatic heterocycles. The first-order valence-corrected chi connectivity index (χ1v) is 5.17. The van der Waals surface area contributed by atoms with Gasteiger partial charge in [0.1, 0.15) is 5.78 Å². The minimum Gasteiger partial charge on any atom is -0.491 e. The maximum absolute atomic E-state index is 13.5. The quantitative estimate of drug-likeness (QED) is 0.769. The lowest BCUT2D eigenvalue weighted by Crippen LogP contribution is -2.23. The van der Waals surface area contributed by atoms with E-state index in [0.717, 1.165) is 0 Å². The molecule has 1 rings (SSSR count). The number of hydrogen-bond donors (Lipinski definition) is 0. The van der Waals surface area contributed by atoms with E-state index in [0.29, 0.717) is 12.3 Å². The highest BCUT2D eigenvalue weighted by molar-refractivity contribution is 5.80. The van der Waals surface area contributed by atoms with Crippen LogP contribution in [0, 0.1) is 5.82 Å². The van der Waals surface area contributed by atoms with Crippen molar-refractivity contribution in [1.82, 2.24) is 0 Å². The number of Topliss-reactive ketones (excluding diaryl/α,β-unsaturated/α-hetero) is 1. The van der Waals surface area contributed by atoms with Gasteiger partial charge in [0.2, 0.25) is 0 Å². The van der Waals surface area contributed by atoms with Crippen molar-refractivity contribution >= 4 is 11.5 Å². The van der Waals surface area contributed by atoms with E-state index in [1.165, 1.54) is 13.0 Å². The molecule has 0 heterocycles. The van der Waals surface area contributed by atoms with Gasteiger partial charge in [0.05, 0.1) is 13.2 Å². The Morgan fingerprint density at radius 1 is 1.50 bits per heavy atom. The Morgan fingerprint density at radius 2 is 2.19 bits per heavy atom. The minimum atomic E-state index is -0.408. The van der Waals surface area contributed by atoms with Crippen LogP contribution >= 0.6 is 0 Å². The van der Waals surface area contributed by atoms with Gasteiger partial charge < -0.3 is 9.64 Å². The maximum Gasteiger partial charge on any atom is 0.167 e. The zero-order valence-electron chi connectivity index (χ0n) is 9.79. The summed E-state index contributed by atoms with van der Waals surface area (Å²) in [5, 5.41) is 0. The molecule has 0 aliphatic heterocycles. The van der Waals surface area contributed by atoms with E-state index in [9.17, 15) is 9.18 Å². The van der Waals surface area contributed by atoms with Crippen LogP contribution in [0.25, 0.3) is 0 Å². The topological polar surface area (TPSA) is 29.5 Å². The minimum absolute atomic E-state index is 0.0387. The Hall–Kier alpha value is -1.58. The molecule has 0 aliphatic carbocycles. The van der Waals surface area contributed by atoms with Gasteiger partial charge in [-0.05, 0) is 26.0 Å². The van der Waals surface area contributed by atoms with E-state index in [-0.39, 0.29) is 18.1 Å². The fraction of sp³-hybridized carbons (Fsp3) is 0.417. The first-order chi connectivity index (χ1) is 7.54. The van der Waals surface area contributed by atoms with Crippen LogP contribution in [0.15, 0.2) is 18.2 Å². The van der Waals surface area contributed by atoms with Gasteiger partial charge in [-0.1, -0.05) is 0 Å². The smallest absolute Gasteiger partial charge is 0.167 e. The predicted octanol–water partition coefficient (Wildman–Crippen LogP) is 2.25. The number of likely N-dealkylation sites (N-methyl/N-ethyl adjacent to an activating group) is 1. The zero-order valence-corrected chi connectivity index (χ0v) is 9.79. The largest absolute Gasteiger partial charge is 0.491 e. The van der Waals surface area contributed by atoms with Gasteiger partial charge in [-0.2, -0.15) is 0 Å². The van der Waals surface area contributed by atoms with Crippen molar-refractivity contribution in [3.05, 3.63) is 24.0 Å². The molecule has 0 saturated heterocycles. The van der Waals surface area contributed by atoms with Crippen LogP contribution in [0.5, 0.6) is 5.75 Å². The van der Waals surface area contributed by atoms with E-state index in [4.69, 9.17) is 4.74 Å². The summed E-state index contributed by atoms with van der Waals surface area (Å²) in [6.07, 6.45) is 0. The van der Waals surface area contributed by atoms with Crippen LogP contribution < -0.4 is 9.64 Å². The van der Waals surface area contributed by atoms with Crippen molar-refractivity contribution in [2.24, 2.45) is 0 Å². The van der Waals surface area contributed by atoms with Crippen LogP contribution in [0.2, 0.25) is 0 Å². The molecule has 1 aromatic carbocycles. The molecule has 0 saturated carbocycles. The zero-order chi connectivity index (χ0) is 12.1. The molecule has 0 aliphatic rings. The molecule has 16 heavy (non-hydrogen) atoms. The van der Waals surface area contributed by atoms with Crippen molar-refractivity contribution in [3.63, 3.8) is 0 Å². The molecule has 0 amide bonds. The standard InChI is InChI=1S/C12H16FNO2/c1-4-16-12-6-5-10(7-11(12)13)14(3)8-9(2)15/h5-7H,4,8H2,1-3H3. The van der Waals surface area contributed by atoms with Crippen molar-refractivity contribution < 1.29 is 13.9 Å². The molecule has 88 valence electrons. The van der Waals surface area contributed by atoms with Gasteiger partial charge in [0.25, 0.3) is 0 Å². The lowest BCUT2D eigenvalue weighted by atomic mass is 10.2. The highest BCUT2D eigenvalue weighted by Crippen LogP contribution is 2.22. The summed E-state index contributed by atoms with van der Waals surface area (Å²) in [6.45, 7) is 4.00. The molecule has 4 heteroatoms.